The molecule has 1 N–H and O–H groups in total. The molecule has 2 rings (SSSR count). The van der Waals surface area contributed by atoms with Crippen LogP contribution >= 0.6 is 0 Å². The Morgan fingerprint density at radius 1 is 1.44 bits per heavy atom. The highest BCUT2D eigenvalue weighted by Crippen LogP contribution is 2.31. The molecule has 0 bridgehead atoms. The summed E-state index contributed by atoms with van der Waals surface area (Å²) in [6, 6.07) is 6.34. The number of hydrogen-bond acceptors (Lipinski definition) is 4. The summed E-state index contributed by atoms with van der Waals surface area (Å²) in [7, 11) is 0. The summed E-state index contributed by atoms with van der Waals surface area (Å²) in [4.78, 5) is 23.5. The van der Waals surface area contributed by atoms with Gasteiger partial charge in [-0.25, -0.2) is 0 Å². The van der Waals surface area contributed by atoms with Gasteiger partial charge in [-0.15, -0.1) is 0 Å². The fourth-order valence-corrected chi connectivity index (χ4v) is 1.79. The van der Waals surface area contributed by atoms with Crippen molar-refractivity contribution in [1.82, 2.24) is 0 Å². The molecule has 16 heavy (non-hydrogen) atoms. The molecule has 5 nitrogen and oxygen atoms in total. The van der Waals surface area contributed by atoms with Crippen LogP contribution in [0.2, 0.25) is 0 Å². The summed E-state index contributed by atoms with van der Waals surface area (Å²) >= 11 is 0. The zero-order valence-electron chi connectivity index (χ0n) is 8.42. The van der Waals surface area contributed by atoms with E-state index in [0.29, 0.717) is 5.69 Å². The van der Waals surface area contributed by atoms with Crippen LogP contribution in [0, 0.1) is 5.92 Å². The maximum absolute atomic E-state index is 11.6. The predicted molar refractivity (Wildman–Crippen MR) is 53.6 cm³/mol. The van der Waals surface area contributed by atoms with E-state index in [1.54, 1.807) is 18.2 Å². The lowest BCUT2D eigenvalue weighted by Gasteiger charge is -2.18. The molecule has 1 aliphatic heterocycles. The summed E-state index contributed by atoms with van der Waals surface area (Å²) in [5, 5.41) is 20.2. The first-order valence-electron chi connectivity index (χ1n) is 4.89. The van der Waals surface area contributed by atoms with E-state index in [0.717, 1.165) is 0 Å². The van der Waals surface area contributed by atoms with E-state index in [9.17, 15) is 19.8 Å². The van der Waals surface area contributed by atoms with Crippen LogP contribution < -0.4 is 10.0 Å². The fourth-order valence-electron chi connectivity index (χ4n) is 1.79. The van der Waals surface area contributed by atoms with Gasteiger partial charge in [-0.2, -0.15) is 0 Å². The minimum Gasteiger partial charge on any atom is -0.550 e. The van der Waals surface area contributed by atoms with Crippen molar-refractivity contribution < 1.29 is 19.8 Å². The molecule has 0 radical (unpaired) electrons. The minimum atomic E-state index is -1.23. The molecule has 1 fully saturated rings. The van der Waals surface area contributed by atoms with Gasteiger partial charge >= 0.3 is 0 Å². The highest BCUT2D eigenvalue weighted by atomic mass is 16.4. The van der Waals surface area contributed by atoms with Gasteiger partial charge < -0.3 is 19.9 Å². The van der Waals surface area contributed by atoms with Crippen LogP contribution in [0.1, 0.15) is 6.42 Å². The van der Waals surface area contributed by atoms with Crippen LogP contribution in [-0.2, 0) is 9.59 Å². The number of para-hydroxylation sites is 2. The van der Waals surface area contributed by atoms with Gasteiger partial charge in [0.25, 0.3) is 0 Å². The first kappa shape index (κ1) is 10.5. The van der Waals surface area contributed by atoms with Crippen molar-refractivity contribution in [2.75, 3.05) is 11.4 Å². The molecular formula is C11H10NO4-. The number of carboxylic acid groups (broad SMARTS) is 1. The summed E-state index contributed by atoms with van der Waals surface area (Å²) in [5.41, 5.74) is 0.344. The Labute approximate surface area is 91.9 Å². The van der Waals surface area contributed by atoms with Crippen molar-refractivity contribution in [2.24, 2.45) is 5.92 Å². The van der Waals surface area contributed by atoms with E-state index in [1.807, 2.05) is 0 Å². The van der Waals surface area contributed by atoms with Crippen LogP contribution in [0.25, 0.3) is 0 Å². The van der Waals surface area contributed by atoms with Crippen molar-refractivity contribution in [3.63, 3.8) is 0 Å². The number of phenolic OH excluding ortho intramolecular Hbond substituents is 1. The Morgan fingerprint density at radius 2 is 2.12 bits per heavy atom. The topological polar surface area (TPSA) is 80.7 Å². The zero-order valence-corrected chi connectivity index (χ0v) is 8.42. The average Bonchev–Trinajstić information content (AvgIpc) is 2.61. The predicted octanol–water partition coefficient (Wildman–Crippen LogP) is -0.505. The lowest BCUT2D eigenvalue weighted by atomic mass is 10.1. The number of nitrogens with zero attached hydrogens (tertiary/aromatic N) is 1. The fraction of sp³-hybridized carbons (Fsp3) is 0.273. The second-order valence-corrected chi connectivity index (χ2v) is 3.71. The summed E-state index contributed by atoms with van der Waals surface area (Å²) in [6.07, 6.45) is -0.0728. The number of phenols is 1. The van der Waals surface area contributed by atoms with E-state index in [1.165, 1.54) is 11.0 Å². The van der Waals surface area contributed by atoms with Gasteiger partial charge in [0.15, 0.2) is 0 Å². The number of carbonyl (C=O) groups excluding carboxylic acids is 2. The van der Waals surface area contributed by atoms with Crippen LogP contribution in [0.3, 0.4) is 0 Å². The number of amides is 1. The number of benzene rings is 1. The zero-order chi connectivity index (χ0) is 11.7. The molecule has 1 aromatic carbocycles. The molecule has 1 atom stereocenters. The maximum atomic E-state index is 11.6. The largest absolute Gasteiger partial charge is 0.550 e. The van der Waals surface area contributed by atoms with Crippen molar-refractivity contribution in [2.45, 2.75) is 6.42 Å². The van der Waals surface area contributed by atoms with Gasteiger partial charge in [0, 0.05) is 24.9 Å². The van der Waals surface area contributed by atoms with Crippen molar-refractivity contribution in [1.29, 1.82) is 0 Å². The Kier molecular flexibility index (Phi) is 2.52. The Balaban J connectivity index is 2.27. The lowest BCUT2D eigenvalue weighted by molar-refractivity contribution is -0.310. The van der Waals surface area contributed by atoms with Crippen LogP contribution in [0.5, 0.6) is 5.75 Å². The molecule has 5 heteroatoms. The first-order chi connectivity index (χ1) is 7.59. The van der Waals surface area contributed by atoms with E-state index in [2.05, 4.69) is 0 Å². The van der Waals surface area contributed by atoms with Crippen molar-refractivity contribution in [3.8, 4) is 5.75 Å². The number of carbonyl (C=O) groups is 2. The molecular weight excluding hydrogens is 210 g/mol. The van der Waals surface area contributed by atoms with E-state index < -0.39 is 11.9 Å². The molecule has 1 saturated heterocycles. The number of hydrogen-bond donors (Lipinski definition) is 1. The van der Waals surface area contributed by atoms with Crippen LogP contribution in [0.15, 0.2) is 24.3 Å². The van der Waals surface area contributed by atoms with E-state index in [-0.39, 0.29) is 24.6 Å². The number of aromatic hydroxyl groups is 1. The van der Waals surface area contributed by atoms with Gasteiger partial charge in [-0.05, 0) is 12.1 Å². The third kappa shape index (κ3) is 1.71. The molecule has 0 spiro atoms. The monoisotopic (exact) mass is 220 g/mol. The van der Waals surface area contributed by atoms with Gasteiger partial charge in [0.05, 0.1) is 5.69 Å². The summed E-state index contributed by atoms with van der Waals surface area (Å²) < 4.78 is 0. The first-order valence-corrected chi connectivity index (χ1v) is 4.89. The second-order valence-electron chi connectivity index (χ2n) is 3.71. The van der Waals surface area contributed by atoms with Gasteiger partial charge in [0.1, 0.15) is 5.75 Å². The molecule has 0 aromatic heterocycles. The van der Waals surface area contributed by atoms with Gasteiger partial charge in [-0.3, -0.25) is 4.79 Å². The Hall–Kier alpha value is -2.04. The number of aliphatic carboxylic acids is 1. The highest BCUT2D eigenvalue weighted by molar-refractivity contribution is 5.99. The molecule has 0 saturated carbocycles. The number of carboxylic acids is 1. The van der Waals surface area contributed by atoms with Crippen LogP contribution in [0.4, 0.5) is 5.69 Å². The van der Waals surface area contributed by atoms with Crippen molar-refractivity contribution >= 4 is 17.6 Å². The smallest absolute Gasteiger partial charge is 0.227 e. The van der Waals surface area contributed by atoms with E-state index >= 15 is 0 Å². The third-order valence-electron chi connectivity index (χ3n) is 2.63. The normalized spacial score (nSPS) is 20.1. The van der Waals surface area contributed by atoms with E-state index in [4.69, 9.17) is 0 Å². The lowest BCUT2D eigenvalue weighted by Crippen LogP contribution is -2.33. The van der Waals surface area contributed by atoms with Gasteiger partial charge in [0.2, 0.25) is 5.91 Å². The maximum Gasteiger partial charge on any atom is 0.227 e. The molecule has 1 heterocycles. The SMILES string of the molecule is O=C([O-])C1CC(=O)N(c2ccccc2O)C1. The molecule has 1 aromatic rings. The Bertz CT molecular complexity index is 443. The summed E-state index contributed by atoms with van der Waals surface area (Å²) in [5.74, 6) is -2.37. The quantitative estimate of drug-likeness (QED) is 0.728. The van der Waals surface area contributed by atoms with Gasteiger partial charge in [-0.1, -0.05) is 12.1 Å². The molecule has 1 unspecified atom stereocenters. The standard InChI is InChI=1S/C11H11NO4/c13-9-4-2-1-3-8(9)12-6-7(11(15)16)5-10(12)14/h1-4,7,13H,5-6H2,(H,15,16)/p-1. The minimum absolute atomic E-state index is 0.0325. The number of anilines is 1. The number of rotatable bonds is 2. The molecule has 0 aliphatic carbocycles. The van der Waals surface area contributed by atoms with Crippen LogP contribution in [-0.4, -0.2) is 23.5 Å². The molecule has 1 amide bonds. The van der Waals surface area contributed by atoms with Crippen molar-refractivity contribution in [3.05, 3.63) is 24.3 Å². The Morgan fingerprint density at radius 3 is 2.69 bits per heavy atom. The molecule has 1 aliphatic rings. The summed E-state index contributed by atoms with van der Waals surface area (Å²) in [6.45, 7) is 0.0543. The second kappa shape index (κ2) is 3.84. The average molecular weight is 220 g/mol. The third-order valence-corrected chi connectivity index (χ3v) is 2.63. The molecule has 84 valence electrons. The highest BCUT2D eigenvalue weighted by Gasteiger charge is 2.32.